The molecule has 2 heteroatoms. The van der Waals surface area contributed by atoms with E-state index in [2.05, 4.69) is 57.3 Å². The zero-order valence-corrected chi connectivity index (χ0v) is 12.6. The molecule has 1 unspecified atom stereocenters. The van der Waals surface area contributed by atoms with Gasteiger partial charge in [-0.1, -0.05) is 45.9 Å². The van der Waals surface area contributed by atoms with Crippen LogP contribution in [0.2, 0.25) is 0 Å². The van der Waals surface area contributed by atoms with Crippen molar-refractivity contribution in [3.8, 4) is 5.75 Å². The molecule has 0 saturated heterocycles. The van der Waals surface area contributed by atoms with Crippen molar-refractivity contribution < 1.29 is 4.74 Å². The summed E-state index contributed by atoms with van der Waals surface area (Å²) < 4.78 is 6.28. The predicted molar refractivity (Wildman–Crippen MR) is 80.8 cm³/mol. The average molecular weight is 261 g/mol. The second-order valence-electron chi connectivity index (χ2n) is 6.28. The molecule has 1 aliphatic rings. The summed E-state index contributed by atoms with van der Waals surface area (Å²) in [6, 6.07) is 9.17. The van der Waals surface area contributed by atoms with Crippen molar-refractivity contribution in [1.82, 2.24) is 5.32 Å². The SMILES string of the molecule is CC(C)c1ccccc1OC(CNC1CC1)C(C)C. The fourth-order valence-electron chi connectivity index (χ4n) is 2.21. The zero-order chi connectivity index (χ0) is 13.8. The molecule has 1 aromatic carbocycles. The summed E-state index contributed by atoms with van der Waals surface area (Å²) >= 11 is 0. The minimum atomic E-state index is 0.250. The molecule has 2 rings (SSSR count). The topological polar surface area (TPSA) is 21.3 Å². The number of para-hydroxylation sites is 1. The second kappa shape index (κ2) is 6.42. The smallest absolute Gasteiger partial charge is 0.123 e. The van der Waals surface area contributed by atoms with Crippen LogP contribution >= 0.6 is 0 Å². The van der Waals surface area contributed by atoms with Gasteiger partial charge >= 0.3 is 0 Å². The summed E-state index contributed by atoms with van der Waals surface area (Å²) in [5.41, 5.74) is 1.31. The Kier molecular flexibility index (Phi) is 4.87. The summed E-state index contributed by atoms with van der Waals surface area (Å²) in [6.07, 6.45) is 2.90. The van der Waals surface area contributed by atoms with E-state index in [1.54, 1.807) is 0 Å². The third-order valence-electron chi connectivity index (χ3n) is 3.75. The molecule has 0 radical (unpaired) electrons. The first-order valence-corrected chi connectivity index (χ1v) is 7.57. The molecule has 0 aromatic heterocycles. The molecule has 1 saturated carbocycles. The molecular formula is C17H27NO. The van der Waals surface area contributed by atoms with Gasteiger partial charge in [0.1, 0.15) is 11.9 Å². The second-order valence-corrected chi connectivity index (χ2v) is 6.28. The normalized spacial score (nSPS) is 16.9. The molecule has 1 aliphatic carbocycles. The van der Waals surface area contributed by atoms with Crippen LogP contribution in [0.1, 0.15) is 52.0 Å². The Morgan fingerprint density at radius 1 is 1.16 bits per heavy atom. The summed E-state index contributed by atoms with van der Waals surface area (Å²) in [4.78, 5) is 0. The van der Waals surface area contributed by atoms with E-state index in [9.17, 15) is 0 Å². The Morgan fingerprint density at radius 3 is 2.42 bits per heavy atom. The van der Waals surface area contributed by atoms with Crippen molar-refractivity contribution in [3.63, 3.8) is 0 Å². The Labute approximate surface area is 117 Å². The van der Waals surface area contributed by atoms with Crippen molar-refractivity contribution in [2.24, 2.45) is 5.92 Å². The lowest BCUT2D eigenvalue weighted by atomic mass is 10.0. The van der Waals surface area contributed by atoms with Gasteiger partial charge in [-0.15, -0.1) is 0 Å². The highest BCUT2D eigenvalue weighted by Gasteiger charge is 2.24. The van der Waals surface area contributed by atoms with E-state index in [0.29, 0.717) is 11.8 Å². The molecule has 106 valence electrons. The first-order chi connectivity index (χ1) is 9.08. The largest absolute Gasteiger partial charge is 0.489 e. The van der Waals surface area contributed by atoms with Crippen LogP contribution in [0.5, 0.6) is 5.75 Å². The van der Waals surface area contributed by atoms with E-state index >= 15 is 0 Å². The Balaban J connectivity index is 2.02. The number of ether oxygens (including phenoxy) is 1. The molecule has 1 aromatic rings. The summed E-state index contributed by atoms with van der Waals surface area (Å²) in [5.74, 6) is 2.07. The van der Waals surface area contributed by atoms with Crippen LogP contribution in [0.3, 0.4) is 0 Å². The molecule has 1 N–H and O–H groups in total. The fourth-order valence-corrected chi connectivity index (χ4v) is 2.21. The van der Waals surface area contributed by atoms with Crippen LogP contribution in [0, 0.1) is 5.92 Å². The van der Waals surface area contributed by atoms with E-state index in [1.165, 1.54) is 18.4 Å². The number of rotatable bonds is 7. The van der Waals surface area contributed by atoms with Crippen LogP contribution in [0.4, 0.5) is 0 Å². The van der Waals surface area contributed by atoms with Crippen LogP contribution in [-0.4, -0.2) is 18.7 Å². The van der Waals surface area contributed by atoms with Gasteiger partial charge in [0.05, 0.1) is 0 Å². The molecule has 2 nitrogen and oxygen atoms in total. The molecule has 0 heterocycles. The lowest BCUT2D eigenvalue weighted by Crippen LogP contribution is -2.36. The molecule has 19 heavy (non-hydrogen) atoms. The van der Waals surface area contributed by atoms with Gasteiger partial charge in [0.15, 0.2) is 0 Å². The number of benzene rings is 1. The Hall–Kier alpha value is -1.02. The lowest BCUT2D eigenvalue weighted by Gasteiger charge is -2.25. The summed E-state index contributed by atoms with van der Waals surface area (Å²) in [6.45, 7) is 9.85. The average Bonchev–Trinajstić information content (AvgIpc) is 3.18. The molecule has 1 fully saturated rings. The predicted octanol–water partition coefficient (Wildman–Crippen LogP) is 3.97. The fraction of sp³-hybridized carbons (Fsp3) is 0.647. The quantitative estimate of drug-likeness (QED) is 0.802. The molecule has 0 spiro atoms. The molecule has 1 atom stereocenters. The highest BCUT2D eigenvalue weighted by molar-refractivity contribution is 5.35. The van der Waals surface area contributed by atoms with Crippen LogP contribution < -0.4 is 10.1 Å². The minimum Gasteiger partial charge on any atom is -0.489 e. The van der Waals surface area contributed by atoms with Gasteiger partial charge in [0.2, 0.25) is 0 Å². The highest BCUT2D eigenvalue weighted by Crippen LogP contribution is 2.28. The van der Waals surface area contributed by atoms with Gasteiger partial charge in [-0.3, -0.25) is 0 Å². The highest BCUT2D eigenvalue weighted by atomic mass is 16.5. The number of hydrogen-bond donors (Lipinski definition) is 1. The van der Waals surface area contributed by atoms with Crippen molar-refractivity contribution >= 4 is 0 Å². The summed E-state index contributed by atoms with van der Waals surface area (Å²) in [5, 5.41) is 3.58. The van der Waals surface area contributed by atoms with Gasteiger partial charge in [-0.2, -0.15) is 0 Å². The van der Waals surface area contributed by atoms with Crippen LogP contribution in [-0.2, 0) is 0 Å². The van der Waals surface area contributed by atoms with E-state index < -0.39 is 0 Å². The minimum absolute atomic E-state index is 0.250. The maximum absolute atomic E-state index is 6.28. The van der Waals surface area contributed by atoms with E-state index in [4.69, 9.17) is 4.74 Å². The maximum Gasteiger partial charge on any atom is 0.123 e. The zero-order valence-electron chi connectivity index (χ0n) is 12.6. The lowest BCUT2D eigenvalue weighted by molar-refractivity contribution is 0.146. The van der Waals surface area contributed by atoms with Gasteiger partial charge in [-0.25, -0.2) is 0 Å². The number of hydrogen-bond acceptors (Lipinski definition) is 2. The van der Waals surface area contributed by atoms with E-state index in [-0.39, 0.29) is 6.10 Å². The third kappa shape index (κ3) is 4.24. The first kappa shape index (κ1) is 14.4. The van der Waals surface area contributed by atoms with Crippen LogP contribution in [0.15, 0.2) is 24.3 Å². The van der Waals surface area contributed by atoms with Crippen molar-refractivity contribution in [2.45, 2.75) is 58.6 Å². The molecule has 0 amide bonds. The Morgan fingerprint density at radius 2 is 1.84 bits per heavy atom. The maximum atomic E-state index is 6.28. The van der Waals surface area contributed by atoms with Crippen molar-refractivity contribution in [1.29, 1.82) is 0 Å². The molecule has 0 bridgehead atoms. The first-order valence-electron chi connectivity index (χ1n) is 7.57. The third-order valence-corrected chi connectivity index (χ3v) is 3.75. The Bertz CT molecular complexity index is 396. The van der Waals surface area contributed by atoms with E-state index in [0.717, 1.165) is 18.3 Å². The van der Waals surface area contributed by atoms with Crippen molar-refractivity contribution in [2.75, 3.05) is 6.54 Å². The standard InChI is InChI=1S/C17H27NO/c1-12(2)15-7-5-6-8-16(15)19-17(13(3)4)11-18-14-9-10-14/h5-8,12-14,17-18H,9-11H2,1-4H3. The molecule has 0 aliphatic heterocycles. The monoisotopic (exact) mass is 261 g/mol. The molecular weight excluding hydrogens is 234 g/mol. The van der Waals surface area contributed by atoms with Crippen LogP contribution in [0.25, 0.3) is 0 Å². The van der Waals surface area contributed by atoms with Gasteiger partial charge in [0.25, 0.3) is 0 Å². The van der Waals surface area contributed by atoms with Gasteiger partial charge < -0.3 is 10.1 Å². The number of nitrogens with one attached hydrogen (secondary N) is 1. The van der Waals surface area contributed by atoms with Crippen molar-refractivity contribution in [3.05, 3.63) is 29.8 Å². The van der Waals surface area contributed by atoms with Gasteiger partial charge in [0, 0.05) is 12.6 Å². The summed E-state index contributed by atoms with van der Waals surface area (Å²) in [7, 11) is 0. The van der Waals surface area contributed by atoms with E-state index in [1.807, 2.05) is 0 Å². The van der Waals surface area contributed by atoms with Gasteiger partial charge in [-0.05, 0) is 36.3 Å².